The van der Waals surface area contributed by atoms with Gasteiger partial charge in [-0.3, -0.25) is 9.59 Å². The summed E-state index contributed by atoms with van der Waals surface area (Å²) in [5, 5.41) is 10.6. The smallest absolute Gasteiger partial charge is 0.401 e. The maximum absolute atomic E-state index is 11.9. The van der Waals surface area contributed by atoms with Crippen molar-refractivity contribution in [2.75, 3.05) is 32.8 Å². The third kappa shape index (κ3) is 6.39. The first-order valence-electron chi connectivity index (χ1n) is 5.66. The molecule has 0 aromatic carbocycles. The van der Waals surface area contributed by atoms with Crippen LogP contribution in [0.1, 0.15) is 6.42 Å². The Bertz CT molecular complexity index is 335. The summed E-state index contributed by atoms with van der Waals surface area (Å²) in [6, 6.07) is 0. The van der Waals surface area contributed by atoms with Crippen LogP contribution in [0.3, 0.4) is 0 Å². The Kier molecular flexibility index (Phi) is 5.55. The van der Waals surface area contributed by atoms with E-state index in [2.05, 4.69) is 0 Å². The van der Waals surface area contributed by atoms with Crippen LogP contribution < -0.4 is 5.32 Å². The van der Waals surface area contributed by atoms with Gasteiger partial charge in [-0.15, -0.1) is 0 Å². The van der Waals surface area contributed by atoms with Gasteiger partial charge in [0.05, 0.1) is 32.2 Å². The zero-order valence-corrected chi connectivity index (χ0v) is 10.1. The largest absolute Gasteiger partial charge is 0.481 e. The van der Waals surface area contributed by atoms with Crippen molar-refractivity contribution in [2.24, 2.45) is 0 Å². The van der Waals surface area contributed by atoms with Crippen LogP contribution in [0.25, 0.3) is 0 Å². The molecule has 1 fully saturated rings. The molecule has 0 aromatic heterocycles. The number of carboxylic acids is 1. The molecule has 1 aliphatic rings. The number of carboxylic acid groups (broad SMARTS) is 1. The van der Waals surface area contributed by atoms with Gasteiger partial charge in [0.25, 0.3) is 0 Å². The Balaban J connectivity index is 2.33. The first-order chi connectivity index (χ1) is 8.78. The zero-order valence-electron chi connectivity index (χ0n) is 10.1. The number of nitrogens with zero attached hydrogens (tertiary/aromatic N) is 1. The Labute approximate surface area is 107 Å². The molecule has 1 unspecified atom stereocenters. The molecule has 1 heterocycles. The summed E-state index contributed by atoms with van der Waals surface area (Å²) in [5.74, 6) is -1.54. The van der Waals surface area contributed by atoms with E-state index in [0.717, 1.165) is 0 Å². The molecule has 1 aliphatic heterocycles. The Morgan fingerprint density at radius 3 is 2.68 bits per heavy atom. The van der Waals surface area contributed by atoms with Crippen LogP contribution in [-0.4, -0.2) is 66.9 Å². The molecule has 1 saturated heterocycles. The highest BCUT2D eigenvalue weighted by Crippen LogP contribution is 2.12. The average Bonchev–Trinajstić information content (AvgIpc) is 2.26. The van der Waals surface area contributed by atoms with Crippen molar-refractivity contribution in [3.05, 3.63) is 0 Å². The van der Waals surface area contributed by atoms with E-state index >= 15 is 0 Å². The van der Waals surface area contributed by atoms with Crippen LogP contribution in [0.2, 0.25) is 0 Å². The number of hydrogen-bond acceptors (Lipinski definition) is 4. The predicted octanol–water partition coefficient (Wildman–Crippen LogP) is -0.160. The molecule has 0 bridgehead atoms. The molecular weight excluding hydrogens is 269 g/mol. The molecule has 0 aliphatic carbocycles. The summed E-state index contributed by atoms with van der Waals surface area (Å²) in [5.41, 5.74) is 0. The minimum atomic E-state index is -4.36. The zero-order chi connectivity index (χ0) is 14.5. The molecule has 2 N–H and O–H groups in total. The fraction of sp³-hybridized carbons (Fsp3) is 0.800. The Morgan fingerprint density at radius 1 is 1.42 bits per heavy atom. The SMILES string of the molecule is O=C(O)CC1CN(C(=O)CNCC(F)(F)F)CCO1. The lowest BCUT2D eigenvalue weighted by atomic mass is 10.2. The third-order valence-corrected chi connectivity index (χ3v) is 2.50. The second-order valence-corrected chi connectivity index (χ2v) is 4.15. The van der Waals surface area contributed by atoms with Gasteiger partial charge in [-0.1, -0.05) is 0 Å². The fourth-order valence-corrected chi connectivity index (χ4v) is 1.69. The summed E-state index contributed by atoms with van der Waals surface area (Å²) in [4.78, 5) is 23.4. The number of nitrogens with one attached hydrogen (secondary N) is 1. The van der Waals surface area contributed by atoms with Crippen molar-refractivity contribution in [2.45, 2.75) is 18.7 Å². The second-order valence-electron chi connectivity index (χ2n) is 4.15. The van der Waals surface area contributed by atoms with Crippen LogP contribution in [0.4, 0.5) is 13.2 Å². The number of amides is 1. The highest BCUT2D eigenvalue weighted by molar-refractivity contribution is 5.78. The third-order valence-electron chi connectivity index (χ3n) is 2.50. The molecule has 1 amide bonds. The minimum absolute atomic E-state index is 0.0822. The number of alkyl halides is 3. The van der Waals surface area contributed by atoms with Crippen LogP contribution in [-0.2, 0) is 14.3 Å². The van der Waals surface area contributed by atoms with Gasteiger partial charge < -0.3 is 20.1 Å². The number of morpholine rings is 1. The topological polar surface area (TPSA) is 78.9 Å². The summed E-state index contributed by atoms with van der Waals surface area (Å²) >= 11 is 0. The lowest BCUT2D eigenvalue weighted by Gasteiger charge is -2.32. The van der Waals surface area contributed by atoms with Crippen molar-refractivity contribution in [3.63, 3.8) is 0 Å². The quantitative estimate of drug-likeness (QED) is 0.733. The summed E-state index contributed by atoms with van der Waals surface area (Å²) in [6.07, 6.45) is -5.21. The van der Waals surface area contributed by atoms with Crippen LogP contribution in [0.5, 0.6) is 0 Å². The highest BCUT2D eigenvalue weighted by atomic mass is 19.4. The maximum Gasteiger partial charge on any atom is 0.401 e. The maximum atomic E-state index is 11.9. The standard InChI is InChI=1S/C10H15F3N2O4/c11-10(12,13)6-14-4-8(16)15-1-2-19-7(5-15)3-9(17)18/h7,14H,1-6H2,(H,17,18). The highest BCUT2D eigenvalue weighted by Gasteiger charge is 2.28. The predicted molar refractivity (Wildman–Crippen MR) is 57.5 cm³/mol. The molecule has 19 heavy (non-hydrogen) atoms. The number of halogens is 3. The number of carbonyl (C=O) groups excluding carboxylic acids is 1. The monoisotopic (exact) mass is 284 g/mol. The normalized spacial score (nSPS) is 20.4. The second kappa shape index (κ2) is 6.71. The molecule has 0 spiro atoms. The van der Waals surface area contributed by atoms with E-state index in [1.807, 2.05) is 5.32 Å². The number of ether oxygens (including phenoxy) is 1. The Morgan fingerprint density at radius 2 is 2.11 bits per heavy atom. The van der Waals surface area contributed by atoms with Gasteiger partial charge in [0.15, 0.2) is 0 Å². The molecule has 0 saturated carbocycles. The van der Waals surface area contributed by atoms with E-state index in [-0.39, 0.29) is 26.1 Å². The molecule has 9 heteroatoms. The molecular formula is C10H15F3N2O4. The lowest BCUT2D eigenvalue weighted by molar-refractivity contribution is -0.148. The van der Waals surface area contributed by atoms with E-state index in [1.165, 1.54) is 4.90 Å². The van der Waals surface area contributed by atoms with Gasteiger partial charge >= 0.3 is 12.1 Å². The van der Waals surface area contributed by atoms with Crippen LogP contribution in [0, 0.1) is 0 Å². The summed E-state index contributed by atoms with van der Waals surface area (Å²) < 4.78 is 40.8. The minimum Gasteiger partial charge on any atom is -0.481 e. The van der Waals surface area contributed by atoms with Gasteiger partial charge in [0, 0.05) is 13.1 Å². The van der Waals surface area contributed by atoms with E-state index in [4.69, 9.17) is 9.84 Å². The molecule has 1 atom stereocenters. The van der Waals surface area contributed by atoms with Gasteiger partial charge in [0.1, 0.15) is 0 Å². The first-order valence-corrected chi connectivity index (χ1v) is 5.66. The van der Waals surface area contributed by atoms with E-state index < -0.39 is 37.2 Å². The number of rotatable bonds is 5. The molecule has 6 nitrogen and oxygen atoms in total. The van der Waals surface area contributed by atoms with Crippen LogP contribution >= 0.6 is 0 Å². The van der Waals surface area contributed by atoms with Crippen molar-refractivity contribution in [1.82, 2.24) is 10.2 Å². The lowest BCUT2D eigenvalue weighted by Crippen LogP contribution is -2.49. The fourth-order valence-electron chi connectivity index (χ4n) is 1.69. The number of carbonyl (C=O) groups is 2. The summed E-state index contributed by atoms with van der Waals surface area (Å²) in [6.45, 7) is -1.15. The molecule has 110 valence electrons. The Hall–Kier alpha value is -1.35. The van der Waals surface area contributed by atoms with Crippen molar-refractivity contribution < 1.29 is 32.6 Å². The van der Waals surface area contributed by atoms with E-state index in [9.17, 15) is 22.8 Å². The molecule has 0 radical (unpaired) electrons. The van der Waals surface area contributed by atoms with Gasteiger partial charge in [-0.05, 0) is 0 Å². The molecule has 0 aromatic rings. The van der Waals surface area contributed by atoms with Crippen molar-refractivity contribution in [1.29, 1.82) is 0 Å². The number of aliphatic carboxylic acids is 1. The van der Waals surface area contributed by atoms with Gasteiger partial charge in [-0.2, -0.15) is 13.2 Å². The molecule has 1 rings (SSSR count). The van der Waals surface area contributed by atoms with Crippen LogP contribution in [0.15, 0.2) is 0 Å². The van der Waals surface area contributed by atoms with Gasteiger partial charge in [-0.25, -0.2) is 0 Å². The van der Waals surface area contributed by atoms with E-state index in [0.29, 0.717) is 0 Å². The van der Waals surface area contributed by atoms with Gasteiger partial charge in [0.2, 0.25) is 5.91 Å². The first kappa shape index (κ1) is 15.7. The van der Waals surface area contributed by atoms with Crippen molar-refractivity contribution >= 4 is 11.9 Å². The van der Waals surface area contributed by atoms with Crippen molar-refractivity contribution in [3.8, 4) is 0 Å². The average molecular weight is 284 g/mol. The van der Waals surface area contributed by atoms with E-state index in [1.54, 1.807) is 0 Å². The number of hydrogen-bond donors (Lipinski definition) is 2. The summed E-state index contributed by atoms with van der Waals surface area (Å²) in [7, 11) is 0.